The fraction of sp³-hybridized carbons (Fsp3) is 0.400. The number of piperazine rings is 1. The summed E-state index contributed by atoms with van der Waals surface area (Å²) in [6.45, 7) is 3.53. The van der Waals surface area contributed by atoms with Crippen molar-refractivity contribution < 1.29 is 32.3 Å². The molecule has 12 heteroatoms. The number of halogens is 3. The van der Waals surface area contributed by atoms with Gasteiger partial charge in [0, 0.05) is 51.3 Å². The monoisotopic (exact) mass is 517 g/mol. The second kappa shape index (κ2) is 10.7. The molecule has 196 valence electrons. The van der Waals surface area contributed by atoms with E-state index >= 15 is 0 Å². The van der Waals surface area contributed by atoms with E-state index in [1.54, 1.807) is 35.1 Å². The van der Waals surface area contributed by atoms with E-state index in [0.29, 0.717) is 42.6 Å². The minimum absolute atomic E-state index is 0.0112. The third kappa shape index (κ3) is 6.13. The molecule has 1 aliphatic rings. The number of ketones is 1. The minimum atomic E-state index is -4.63. The molecule has 37 heavy (non-hydrogen) atoms. The summed E-state index contributed by atoms with van der Waals surface area (Å²) in [4.78, 5) is 44.2. The number of rotatable bonds is 7. The number of fused-ring (bicyclic) bond motifs is 1. The van der Waals surface area contributed by atoms with Gasteiger partial charge in [-0.25, -0.2) is 4.98 Å². The predicted octanol–water partition coefficient (Wildman–Crippen LogP) is 2.50. The number of benzene rings is 1. The molecule has 0 unspecified atom stereocenters. The van der Waals surface area contributed by atoms with Gasteiger partial charge in [-0.15, -0.1) is 0 Å². The molecule has 3 aromatic rings. The molecule has 0 N–H and O–H groups in total. The molecule has 1 aromatic carbocycles. The van der Waals surface area contributed by atoms with Crippen molar-refractivity contribution in [1.29, 1.82) is 0 Å². The number of aromatic nitrogens is 3. The molecule has 0 bridgehead atoms. The van der Waals surface area contributed by atoms with Crippen LogP contribution in [-0.2, 0) is 33.5 Å². The number of nitrogens with zero attached hydrogens (tertiary/aromatic N) is 5. The topological polar surface area (TPSA) is 97.6 Å². The Bertz CT molecular complexity index is 1330. The number of alkyl halides is 3. The molecule has 1 saturated heterocycles. The van der Waals surface area contributed by atoms with Crippen molar-refractivity contribution in [2.24, 2.45) is 0 Å². The van der Waals surface area contributed by atoms with Gasteiger partial charge in [-0.3, -0.25) is 19.1 Å². The van der Waals surface area contributed by atoms with Gasteiger partial charge in [0.1, 0.15) is 24.5 Å². The van der Waals surface area contributed by atoms with Crippen molar-refractivity contribution in [2.45, 2.75) is 26.1 Å². The number of methoxy groups -OCH3 is 1. The van der Waals surface area contributed by atoms with Gasteiger partial charge >= 0.3 is 6.18 Å². The van der Waals surface area contributed by atoms with Gasteiger partial charge < -0.3 is 14.5 Å². The minimum Gasteiger partial charge on any atom is -0.375 e. The summed E-state index contributed by atoms with van der Waals surface area (Å²) in [5.74, 6) is -0.768. The van der Waals surface area contributed by atoms with Crippen molar-refractivity contribution >= 4 is 28.5 Å². The van der Waals surface area contributed by atoms with E-state index in [-0.39, 0.29) is 37.1 Å². The summed E-state index contributed by atoms with van der Waals surface area (Å²) in [6, 6.07) is 6.79. The largest absolute Gasteiger partial charge is 0.433 e. The Morgan fingerprint density at radius 3 is 2.35 bits per heavy atom. The smallest absolute Gasteiger partial charge is 0.375 e. The van der Waals surface area contributed by atoms with Crippen molar-refractivity contribution in [3.8, 4) is 0 Å². The summed E-state index contributed by atoms with van der Waals surface area (Å²) in [6.07, 6.45) is -3.06. The van der Waals surface area contributed by atoms with Crippen LogP contribution >= 0.6 is 0 Å². The summed E-state index contributed by atoms with van der Waals surface area (Å²) >= 11 is 0. The summed E-state index contributed by atoms with van der Waals surface area (Å²) in [5, 5.41) is 5.16. The lowest BCUT2D eigenvalue weighted by molar-refractivity contribution is -0.142. The molecule has 0 radical (unpaired) electrons. The Morgan fingerprint density at radius 1 is 1.03 bits per heavy atom. The number of pyridine rings is 1. The standard InChI is InChI=1S/C25H26F3N5O4/c1-16-10-20-18(11-17(16)12-21(34)19-4-3-5-22(29-19)25(26,27)28)13-33(30-20)14-23(35)31-6-8-32(9-7-31)24(36)15-37-2/h3-5,10-11,13H,6-9,12,14-15H2,1-2H3. The van der Waals surface area contributed by atoms with Crippen LogP contribution in [0.1, 0.15) is 27.3 Å². The van der Waals surface area contributed by atoms with Gasteiger partial charge in [0.2, 0.25) is 11.8 Å². The van der Waals surface area contributed by atoms with E-state index in [0.717, 1.165) is 17.7 Å². The van der Waals surface area contributed by atoms with E-state index < -0.39 is 17.7 Å². The highest BCUT2D eigenvalue weighted by molar-refractivity contribution is 5.96. The summed E-state index contributed by atoms with van der Waals surface area (Å²) < 4.78 is 45.3. The highest BCUT2D eigenvalue weighted by Crippen LogP contribution is 2.28. The van der Waals surface area contributed by atoms with E-state index in [4.69, 9.17) is 4.74 Å². The highest BCUT2D eigenvalue weighted by atomic mass is 19.4. The van der Waals surface area contributed by atoms with Gasteiger partial charge in [-0.05, 0) is 42.3 Å². The SMILES string of the molecule is COCC(=O)N1CCN(C(=O)Cn2cc3cc(CC(=O)c4cccc(C(F)(F)F)n4)c(C)cc3n2)CC1. The van der Waals surface area contributed by atoms with Crippen LogP contribution in [0.3, 0.4) is 0 Å². The molecular weight excluding hydrogens is 491 g/mol. The number of carbonyl (C=O) groups excluding carboxylic acids is 3. The number of aryl methyl sites for hydroxylation is 1. The van der Waals surface area contributed by atoms with E-state index in [9.17, 15) is 27.6 Å². The molecule has 1 fully saturated rings. The Morgan fingerprint density at radius 2 is 1.70 bits per heavy atom. The quantitative estimate of drug-likeness (QED) is 0.447. The second-order valence-corrected chi connectivity index (χ2v) is 8.86. The van der Waals surface area contributed by atoms with Crippen LogP contribution in [0.15, 0.2) is 36.5 Å². The average Bonchev–Trinajstić information content (AvgIpc) is 3.24. The fourth-order valence-electron chi connectivity index (χ4n) is 4.22. The zero-order valence-electron chi connectivity index (χ0n) is 20.4. The molecular formula is C25H26F3N5O4. The Labute approximate surface area is 210 Å². The van der Waals surface area contributed by atoms with Gasteiger partial charge in [-0.2, -0.15) is 18.3 Å². The van der Waals surface area contributed by atoms with E-state index in [2.05, 4.69) is 10.1 Å². The van der Waals surface area contributed by atoms with Crippen molar-refractivity contribution in [2.75, 3.05) is 39.9 Å². The maximum Gasteiger partial charge on any atom is 0.433 e. The van der Waals surface area contributed by atoms with E-state index in [1.807, 2.05) is 0 Å². The number of amides is 2. The molecule has 0 aliphatic carbocycles. The third-order valence-electron chi connectivity index (χ3n) is 6.24. The highest BCUT2D eigenvalue weighted by Gasteiger charge is 2.33. The van der Waals surface area contributed by atoms with Crippen LogP contribution in [-0.4, -0.2) is 82.1 Å². The van der Waals surface area contributed by atoms with Crippen LogP contribution in [0.25, 0.3) is 10.9 Å². The molecule has 9 nitrogen and oxygen atoms in total. The third-order valence-corrected chi connectivity index (χ3v) is 6.24. The number of Topliss-reactive ketones (excluding diaryl/α,β-unsaturated/α-hetero) is 1. The molecule has 0 atom stereocenters. The number of hydrogen-bond donors (Lipinski definition) is 0. The van der Waals surface area contributed by atoms with Gasteiger partial charge in [0.15, 0.2) is 5.78 Å². The first-order chi connectivity index (χ1) is 17.5. The number of carbonyl (C=O) groups is 3. The lowest BCUT2D eigenvalue weighted by Gasteiger charge is -2.34. The Hall–Kier alpha value is -3.80. The normalized spacial score (nSPS) is 14.3. The van der Waals surface area contributed by atoms with Gasteiger partial charge in [0.25, 0.3) is 0 Å². The molecule has 2 amide bonds. The molecule has 2 aromatic heterocycles. The molecule has 0 spiro atoms. The van der Waals surface area contributed by atoms with Crippen LogP contribution < -0.4 is 0 Å². The van der Waals surface area contributed by atoms with Crippen molar-refractivity contribution in [3.05, 3.63) is 59.0 Å². The van der Waals surface area contributed by atoms with Crippen molar-refractivity contribution in [1.82, 2.24) is 24.6 Å². The number of hydrogen-bond acceptors (Lipinski definition) is 6. The number of ether oxygens (including phenoxy) is 1. The van der Waals surface area contributed by atoms with Gasteiger partial charge in [0.05, 0.1) is 5.52 Å². The van der Waals surface area contributed by atoms with Crippen LogP contribution in [0.4, 0.5) is 13.2 Å². The predicted molar refractivity (Wildman–Crippen MR) is 127 cm³/mol. The van der Waals surface area contributed by atoms with E-state index in [1.165, 1.54) is 17.9 Å². The van der Waals surface area contributed by atoms with Crippen molar-refractivity contribution in [3.63, 3.8) is 0 Å². The van der Waals surface area contributed by atoms with Crippen LogP contribution in [0, 0.1) is 6.92 Å². The second-order valence-electron chi connectivity index (χ2n) is 8.86. The van der Waals surface area contributed by atoms with Crippen LogP contribution in [0.5, 0.6) is 0 Å². The molecule has 0 saturated carbocycles. The van der Waals surface area contributed by atoms with Gasteiger partial charge in [-0.1, -0.05) is 6.07 Å². The lowest BCUT2D eigenvalue weighted by Crippen LogP contribution is -2.52. The maximum absolute atomic E-state index is 13.0. The first-order valence-electron chi connectivity index (χ1n) is 11.6. The molecule has 3 heterocycles. The Kier molecular flexibility index (Phi) is 7.58. The zero-order chi connectivity index (χ0) is 26.7. The maximum atomic E-state index is 13.0. The average molecular weight is 518 g/mol. The lowest BCUT2D eigenvalue weighted by atomic mass is 10.00. The summed E-state index contributed by atoms with van der Waals surface area (Å²) in [7, 11) is 1.46. The fourth-order valence-corrected chi connectivity index (χ4v) is 4.22. The molecule has 4 rings (SSSR count). The Balaban J connectivity index is 1.42. The first kappa shape index (κ1) is 26.3. The first-order valence-corrected chi connectivity index (χ1v) is 11.6. The summed E-state index contributed by atoms with van der Waals surface area (Å²) in [5.41, 5.74) is 0.661. The van der Waals surface area contributed by atoms with Crippen LogP contribution in [0.2, 0.25) is 0 Å². The molecule has 1 aliphatic heterocycles. The zero-order valence-corrected chi connectivity index (χ0v) is 20.4.